The largest absolute Gasteiger partial charge is 0.480 e. The summed E-state index contributed by atoms with van der Waals surface area (Å²) in [4.78, 5) is 25.6. The van der Waals surface area contributed by atoms with E-state index in [1.54, 1.807) is 4.90 Å². The molecule has 5 nitrogen and oxygen atoms in total. The van der Waals surface area contributed by atoms with Crippen LogP contribution in [-0.2, 0) is 4.79 Å². The number of carbonyl (C=O) groups is 2. The van der Waals surface area contributed by atoms with Crippen LogP contribution in [0.2, 0.25) is 0 Å². The van der Waals surface area contributed by atoms with Crippen molar-refractivity contribution in [1.82, 2.24) is 4.90 Å². The van der Waals surface area contributed by atoms with Crippen molar-refractivity contribution in [3.05, 3.63) is 30.3 Å². The van der Waals surface area contributed by atoms with E-state index in [2.05, 4.69) is 5.32 Å². The highest BCUT2D eigenvalue weighted by Crippen LogP contribution is 2.40. The third-order valence-corrected chi connectivity index (χ3v) is 4.63. The van der Waals surface area contributed by atoms with Crippen molar-refractivity contribution in [3.8, 4) is 0 Å². The van der Waals surface area contributed by atoms with Crippen molar-refractivity contribution in [3.63, 3.8) is 0 Å². The fourth-order valence-electron chi connectivity index (χ4n) is 3.68. The SMILES string of the molecule is O=C(O)C1CC2CCCCC2N1C(=O)Nc1ccccc1. The molecule has 2 amide bonds. The minimum atomic E-state index is -0.896. The Bertz CT molecular complexity index is 532. The first-order valence-corrected chi connectivity index (χ1v) is 7.54. The molecule has 21 heavy (non-hydrogen) atoms. The number of nitrogens with one attached hydrogen (secondary N) is 1. The Kier molecular flexibility index (Phi) is 3.82. The molecule has 1 aromatic rings. The Morgan fingerprint density at radius 3 is 2.57 bits per heavy atom. The number of likely N-dealkylation sites (tertiary alicyclic amines) is 1. The zero-order valence-corrected chi connectivity index (χ0v) is 11.9. The maximum Gasteiger partial charge on any atom is 0.326 e. The third-order valence-electron chi connectivity index (χ3n) is 4.63. The van der Waals surface area contributed by atoms with Crippen LogP contribution < -0.4 is 5.32 Å². The predicted molar refractivity (Wildman–Crippen MR) is 79.1 cm³/mol. The van der Waals surface area contributed by atoms with Crippen LogP contribution in [0.5, 0.6) is 0 Å². The lowest BCUT2D eigenvalue weighted by molar-refractivity contribution is -0.141. The average molecular weight is 288 g/mol. The van der Waals surface area contributed by atoms with Gasteiger partial charge in [0.2, 0.25) is 0 Å². The molecule has 0 aromatic heterocycles. The number of nitrogens with zero attached hydrogens (tertiary/aromatic N) is 1. The number of benzene rings is 1. The van der Waals surface area contributed by atoms with Gasteiger partial charge in [-0.25, -0.2) is 9.59 Å². The minimum Gasteiger partial charge on any atom is -0.480 e. The van der Waals surface area contributed by atoms with Gasteiger partial charge in [0.05, 0.1) is 0 Å². The van der Waals surface area contributed by atoms with E-state index in [1.165, 1.54) is 0 Å². The van der Waals surface area contributed by atoms with E-state index in [9.17, 15) is 14.7 Å². The summed E-state index contributed by atoms with van der Waals surface area (Å²) >= 11 is 0. The summed E-state index contributed by atoms with van der Waals surface area (Å²) in [6, 6.07) is 8.27. The van der Waals surface area contributed by atoms with Crippen LogP contribution in [0.15, 0.2) is 30.3 Å². The van der Waals surface area contributed by atoms with Crippen molar-refractivity contribution in [2.75, 3.05) is 5.32 Å². The first kappa shape index (κ1) is 13.9. The maximum atomic E-state index is 12.5. The molecule has 1 aliphatic heterocycles. The van der Waals surface area contributed by atoms with E-state index >= 15 is 0 Å². The van der Waals surface area contributed by atoms with E-state index < -0.39 is 12.0 Å². The molecule has 5 heteroatoms. The lowest BCUT2D eigenvalue weighted by Gasteiger charge is -2.32. The molecule has 1 aliphatic carbocycles. The van der Waals surface area contributed by atoms with E-state index in [0.717, 1.165) is 25.7 Å². The number of hydrogen-bond donors (Lipinski definition) is 2. The summed E-state index contributed by atoms with van der Waals surface area (Å²) in [7, 11) is 0. The van der Waals surface area contributed by atoms with Gasteiger partial charge in [-0.05, 0) is 37.3 Å². The average Bonchev–Trinajstić information content (AvgIpc) is 2.88. The number of urea groups is 1. The van der Waals surface area contributed by atoms with Crippen LogP contribution in [0.3, 0.4) is 0 Å². The van der Waals surface area contributed by atoms with E-state index in [4.69, 9.17) is 0 Å². The van der Waals surface area contributed by atoms with Gasteiger partial charge in [0.15, 0.2) is 0 Å². The highest BCUT2D eigenvalue weighted by atomic mass is 16.4. The second-order valence-electron chi connectivity index (χ2n) is 5.91. The first-order chi connectivity index (χ1) is 10.2. The molecule has 1 saturated heterocycles. The van der Waals surface area contributed by atoms with Crippen LogP contribution >= 0.6 is 0 Å². The smallest absolute Gasteiger partial charge is 0.326 e. The van der Waals surface area contributed by atoms with Gasteiger partial charge in [-0.2, -0.15) is 0 Å². The van der Waals surface area contributed by atoms with Gasteiger partial charge in [-0.1, -0.05) is 31.0 Å². The van der Waals surface area contributed by atoms with Gasteiger partial charge in [0, 0.05) is 11.7 Å². The highest BCUT2D eigenvalue weighted by Gasteiger charge is 2.47. The van der Waals surface area contributed by atoms with Gasteiger partial charge < -0.3 is 15.3 Å². The Morgan fingerprint density at radius 2 is 1.86 bits per heavy atom. The van der Waals surface area contributed by atoms with Gasteiger partial charge >= 0.3 is 12.0 Å². The lowest BCUT2D eigenvalue weighted by Crippen LogP contribution is -2.48. The normalized spacial score (nSPS) is 28.0. The number of hydrogen-bond acceptors (Lipinski definition) is 2. The summed E-state index contributed by atoms with van der Waals surface area (Å²) in [5.41, 5.74) is 0.700. The van der Waals surface area contributed by atoms with Gasteiger partial charge in [-0.15, -0.1) is 0 Å². The first-order valence-electron chi connectivity index (χ1n) is 7.54. The number of aliphatic carboxylic acids is 1. The molecule has 3 unspecified atom stereocenters. The summed E-state index contributed by atoms with van der Waals surface area (Å²) in [6.45, 7) is 0. The summed E-state index contributed by atoms with van der Waals surface area (Å²) in [5, 5.41) is 12.2. The predicted octanol–water partition coefficient (Wildman–Crippen LogP) is 2.94. The molecule has 0 spiro atoms. The van der Waals surface area contributed by atoms with Gasteiger partial charge in [0.25, 0.3) is 0 Å². The molecule has 0 radical (unpaired) electrons. The Morgan fingerprint density at radius 1 is 1.14 bits per heavy atom. The zero-order valence-electron chi connectivity index (χ0n) is 11.9. The van der Waals surface area contributed by atoms with Crippen LogP contribution in [-0.4, -0.2) is 34.1 Å². The van der Waals surface area contributed by atoms with Crippen LogP contribution in [0.4, 0.5) is 10.5 Å². The fourth-order valence-corrected chi connectivity index (χ4v) is 3.68. The summed E-state index contributed by atoms with van der Waals surface area (Å²) < 4.78 is 0. The van der Waals surface area contributed by atoms with Crippen molar-refractivity contribution >= 4 is 17.7 Å². The molecule has 0 bridgehead atoms. The van der Waals surface area contributed by atoms with E-state index in [-0.39, 0.29) is 12.1 Å². The molecule has 1 heterocycles. The van der Waals surface area contributed by atoms with Crippen molar-refractivity contribution in [2.24, 2.45) is 5.92 Å². The zero-order chi connectivity index (χ0) is 14.8. The number of fused-ring (bicyclic) bond motifs is 1. The number of carbonyl (C=O) groups excluding carboxylic acids is 1. The molecule has 3 atom stereocenters. The second kappa shape index (κ2) is 5.76. The van der Waals surface area contributed by atoms with Crippen LogP contribution in [0.1, 0.15) is 32.1 Å². The standard InChI is InChI=1S/C16H20N2O3/c19-15(20)14-10-11-6-4-5-9-13(11)18(14)16(21)17-12-7-2-1-3-8-12/h1-3,7-8,11,13-14H,4-6,9-10H2,(H,17,21)(H,19,20). The molecule has 2 fully saturated rings. The molecule has 112 valence electrons. The Labute approximate surface area is 123 Å². The van der Waals surface area contributed by atoms with E-state index in [1.807, 2.05) is 30.3 Å². The minimum absolute atomic E-state index is 0.0727. The quantitative estimate of drug-likeness (QED) is 0.879. The molecular weight excluding hydrogens is 268 g/mol. The number of anilines is 1. The summed E-state index contributed by atoms with van der Waals surface area (Å²) in [6.07, 6.45) is 4.74. The molecule has 3 rings (SSSR count). The van der Waals surface area contributed by atoms with Crippen molar-refractivity contribution in [1.29, 1.82) is 0 Å². The maximum absolute atomic E-state index is 12.5. The van der Waals surface area contributed by atoms with Gasteiger partial charge in [-0.3, -0.25) is 0 Å². The molecule has 1 saturated carbocycles. The number of rotatable bonds is 2. The second-order valence-corrected chi connectivity index (χ2v) is 5.91. The monoisotopic (exact) mass is 288 g/mol. The number of carboxylic acid groups (broad SMARTS) is 1. The number of carboxylic acids is 1. The van der Waals surface area contributed by atoms with Crippen molar-refractivity contribution in [2.45, 2.75) is 44.2 Å². The third kappa shape index (κ3) is 2.73. The summed E-state index contributed by atoms with van der Waals surface area (Å²) in [5.74, 6) is -0.561. The number of para-hydroxylation sites is 1. The van der Waals surface area contributed by atoms with Crippen LogP contribution in [0, 0.1) is 5.92 Å². The molecule has 2 N–H and O–H groups in total. The van der Waals surface area contributed by atoms with Crippen LogP contribution in [0.25, 0.3) is 0 Å². The van der Waals surface area contributed by atoms with Crippen molar-refractivity contribution < 1.29 is 14.7 Å². The number of amides is 2. The molecule has 1 aromatic carbocycles. The molecule has 2 aliphatic rings. The Balaban J connectivity index is 1.79. The highest BCUT2D eigenvalue weighted by molar-refractivity contribution is 5.93. The molecular formula is C16H20N2O3. The lowest BCUT2D eigenvalue weighted by atomic mass is 9.85. The fraction of sp³-hybridized carbons (Fsp3) is 0.500. The Hall–Kier alpha value is -2.04. The van der Waals surface area contributed by atoms with Gasteiger partial charge in [0.1, 0.15) is 6.04 Å². The topological polar surface area (TPSA) is 69.6 Å². The van der Waals surface area contributed by atoms with E-state index in [0.29, 0.717) is 18.0 Å².